The molecule has 0 saturated carbocycles. The number of rotatable bonds is 67. The normalized spacial score (nSPS) is 12.2. The van der Waals surface area contributed by atoms with Crippen molar-refractivity contribution >= 4 is 17.9 Å². The minimum atomic E-state index is -0.778. The van der Waals surface area contributed by atoms with Gasteiger partial charge in [-0.1, -0.05) is 340 Å². The predicted molar refractivity (Wildman–Crippen MR) is 349 cm³/mol. The van der Waals surface area contributed by atoms with Gasteiger partial charge in [0.05, 0.1) is 0 Å². The van der Waals surface area contributed by atoms with E-state index in [1.165, 1.54) is 283 Å². The van der Waals surface area contributed by atoms with E-state index in [9.17, 15) is 14.4 Å². The van der Waals surface area contributed by atoms with Gasteiger partial charge in [0.1, 0.15) is 13.2 Å². The molecule has 0 amide bonds. The van der Waals surface area contributed by atoms with Gasteiger partial charge in [0, 0.05) is 19.3 Å². The SMILES string of the molecule is CCCCC/C=C\C/C=C\CCCCCCCCCC(=O)OC(COC(=O)CCCCCCC/C=C\CCCCC)COC(=O)CCCCCCCCCCCCCCCCCCCCCCCCCCCCCCCCCCC. The molecule has 0 rings (SSSR count). The Hall–Kier alpha value is -2.37. The number of unbranched alkanes of at least 4 members (excludes halogenated alkanes) is 50. The van der Waals surface area contributed by atoms with Crippen LogP contribution in [0.3, 0.4) is 0 Å². The van der Waals surface area contributed by atoms with Crippen LogP contribution in [0.1, 0.15) is 400 Å². The Kier molecular flexibility index (Phi) is 67.1. The molecule has 80 heavy (non-hydrogen) atoms. The predicted octanol–water partition coefficient (Wildman–Crippen LogP) is 24.7. The Bertz CT molecular complexity index is 1340. The maximum absolute atomic E-state index is 12.9. The molecular weight excluding hydrogens is 985 g/mol. The molecule has 1 atom stereocenters. The molecule has 0 N–H and O–H groups in total. The quantitative estimate of drug-likeness (QED) is 0.0261. The average Bonchev–Trinajstić information content (AvgIpc) is 3.46. The minimum Gasteiger partial charge on any atom is -0.462 e. The summed E-state index contributed by atoms with van der Waals surface area (Å²) >= 11 is 0. The average molecular weight is 1120 g/mol. The summed E-state index contributed by atoms with van der Waals surface area (Å²) in [5.41, 5.74) is 0. The van der Waals surface area contributed by atoms with E-state index < -0.39 is 6.10 Å². The molecule has 0 aromatic rings. The van der Waals surface area contributed by atoms with Gasteiger partial charge in [-0.2, -0.15) is 0 Å². The van der Waals surface area contributed by atoms with E-state index in [2.05, 4.69) is 57.2 Å². The number of carbonyl (C=O) groups excluding carboxylic acids is 3. The zero-order valence-corrected chi connectivity index (χ0v) is 54.1. The van der Waals surface area contributed by atoms with Gasteiger partial charge in [0.25, 0.3) is 0 Å². The van der Waals surface area contributed by atoms with Gasteiger partial charge in [-0.3, -0.25) is 14.4 Å². The molecule has 0 radical (unpaired) electrons. The highest BCUT2D eigenvalue weighted by molar-refractivity contribution is 5.71. The van der Waals surface area contributed by atoms with Gasteiger partial charge in [-0.25, -0.2) is 0 Å². The van der Waals surface area contributed by atoms with Gasteiger partial charge in [-0.05, 0) is 77.0 Å². The summed E-state index contributed by atoms with van der Waals surface area (Å²) in [6, 6.07) is 0. The number of hydrogen-bond acceptors (Lipinski definition) is 6. The third-order valence-corrected chi connectivity index (χ3v) is 16.4. The van der Waals surface area contributed by atoms with Crippen molar-refractivity contribution in [3.63, 3.8) is 0 Å². The molecule has 0 saturated heterocycles. The van der Waals surface area contributed by atoms with E-state index in [1.807, 2.05) is 0 Å². The zero-order chi connectivity index (χ0) is 57.8. The van der Waals surface area contributed by atoms with Crippen LogP contribution in [0.4, 0.5) is 0 Å². The zero-order valence-electron chi connectivity index (χ0n) is 54.1. The van der Waals surface area contributed by atoms with E-state index in [-0.39, 0.29) is 31.1 Å². The van der Waals surface area contributed by atoms with Gasteiger partial charge >= 0.3 is 17.9 Å². The summed E-state index contributed by atoms with van der Waals surface area (Å²) < 4.78 is 16.9. The third-order valence-electron chi connectivity index (χ3n) is 16.4. The smallest absolute Gasteiger partial charge is 0.306 e. The highest BCUT2D eigenvalue weighted by atomic mass is 16.6. The first kappa shape index (κ1) is 77.6. The van der Waals surface area contributed by atoms with Crippen molar-refractivity contribution in [2.24, 2.45) is 0 Å². The summed E-state index contributed by atoms with van der Waals surface area (Å²) in [5, 5.41) is 0. The van der Waals surface area contributed by atoms with Gasteiger partial charge in [-0.15, -0.1) is 0 Å². The van der Waals surface area contributed by atoms with Crippen molar-refractivity contribution in [3.05, 3.63) is 36.5 Å². The number of carbonyl (C=O) groups is 3. The number of hydrogen-bond donors (Lipinski definition) is 0. The summed E-state index contributed by atoms with van der Waals surface area (Å²) in [6.07, 6.45) is 86.3. The first-order valence-electron chi connectivity index (χ1n) is 36.0. The van der Waals surface area contributed by atoms with Crippen LogP contribution < -0.4 is 0 Å². The van der Waals surface area contributed by atoms with Crippen LogP contribution in [-0.2, 0) is 28.6 Å². The lowest BCUT2D eigenvalue weighted by Gasteiger charge is -2.18. The first-order valence-corrected chi connectivity index (χ1v) is 36.0. The molecule has 0 aliphatic rings. The Morgan fingerprint density at radius 1 is 0.250 bits per heavy atom. The maximum atomic E-state index is 12.9. The van der Waals surface area contributed by atoms with Crippen molar-refractivity contribution in [3.8, 4) is 0 Å². The van der Waals surface area contributed by atoms with Crippen molar-refractivity contribution in [1.29, 1.82) is 0 Å². The van der Waals surface area contributed by atoms with Crippen LogP contribution in [0, 0.1) is 0 Å². The van der Waals surface area contributed by atoms with Crippen LogP contribution in [0.2, 0.25) is 0 Å². The summed E-state index contributed by atoms with van der Waals surface area (Å²) in [7, 11) is 0. The maximum Gasteiger partial charge on any atom is 0.306 e. The second kappa shape index (κ2) is 69.1. The lowest BCUT2D eigenvalue weighted by molar-refractivity contribution is -0.167. The van der Waals surface area contributed by atoms with E-state index in [4.69, 9.17) is 14.2 Å². The molecule has 0 fully saturated rings. The van der Waals surface area contributed by atoms with E-state index in [0.717, 1.165) is 77.0 Å². The minimum absolute atomic E-state index is 0.0739. The highest BCUT2D eigenvalue weighted by Gasteiger charge is 2.19. The molecule has 0 heterocycles. The fourth-order valence-corrected chi connectivity index (χ4v) is 10.9. The van der Waals surface area contributed by atoms with E-state index >= 15 is 0 Å². The molecular formula is C74H138O6. The number of esters is 3. The molecule has 470 valence electrons. The van der Waals surface area contributed by atoms with Crippen LogP contribution >= 0.6 is 0 Å². The van der Waals surface area contributed by atoms with Crippen molar-refractivity contribution in [2.75, 3.05) is 13.2 Å². The Morgan fingerprint density at radius 2 is 0.450 bits per heavy atom. The second-order valence-corrected chi connectivity index (χ2v) is 24.5. The lowest BCUT2D eigenvalue weighted by atomic mass is 10.0. The van der Waals surface area contributed by atoms with Crippen LogP contribution in [0.15, 0.2) is 36.5 Å². The summed E-state index contributed by atoms with van der Waals surface area (Å²) in [5.74, 6) is -0.867. The fraction of sp³-hybridized carbons (Fsp3) is 0.878. The molecule has 0 bridgehead atoms. The van der Waals surface area contributed by atoms with Crippen molar-refractivity contribution in [2.45, 2.75) is 406 Å². The topological polar surface area (TPSA) is 78.9 Å². The molecule has 0 aromatic carbocycles. The van der Waals surface area contributed by atoms with Crippen LogP contribution in [-0.4, -0.2) is 37.2 Å². The van der Waals surface area contributed by atoms with Crippen molar-refractivity contribution in [1.82, 2.24) is 0 Å². The third kappa shape index (κ3) is 66.4. The Morgan fingerprint density at radius 3 is 0.725 bits per heavy atom. The number of ether oxygens (including phenoxy) is 3. The molecule has 6 nitrogen and oxygen atoms in total. The van der Waals surface area contributed by atoms with Gasteiger partial charge in [0.15, 0.2) is 6.10 Å². The highest BCUT2D eigenvalue weighted by Crippen LogP contribution is 2.19. The standard InChI is InChI=1S/C74H138O6/c1-4-7-10-13-16-19-22-25-27-29-30-31-32-33-34-35-36-37-38-39-40-41-42-43-44-46-47-49-52-55-58-61-64-67-73(76)79-70-71(69-78-72(75)66-63-60-57-54-51-24-21-18-15-12-9-6-3)80-74(77)68-65-62-59-56-53-50-48-45-28-26-23-20-17-14-11-8-5-2/h17-18,20-21,26,28,71H,4-16,19,22-25,27,29-70H2,1-3H3/b20-17-,21-18-,28-26-. The van der Waals surface area contributed by atoms with Crippen molar-refractivity contribution < 1.29 is 28.6 Å². The molecule has 6 heteroatoms. The summed E-state index contributed by atoms with van der Waals surface area (Å²) in [6.45, 7) is 6.64. The number of allylic oxidation sites excluding steroid dienone is 6. The Balaban J connectivity index is 4.08. The van der Waals surface area contributed by atoms with Crippen LogP contribution in [0.25, 0.3) is 0 Å². The molecule has 0 aromatic heterocycles. The Labute approximate surface area is 499 Å². The fourth-order valence-electron chi connectivity index (χ4n) is 10.9. The monoisotopic (exact) mass is 1120 g/mol. The van der Waals surface area contributed by atoms with E-state index in [0.29, 0.717) is 19.3 Å². The van der Waals surface area contributed by atoms with Gasteiger partial charge in [0.2, 0.25) is 0 Å². The lowest BCUT2D eigenvalue weighted by Crippen LogP contribution is -2.30. The largest absolute Gasteiger partial charge is 0.462 e. The second-order valence-electron chi connectivity index (χ2n) is 24.5. The molecule has 0 spiro atoms. The first-order chi connectivity index (χ1) is 39.5. The molecule has 1 unspecified atom stereocenters. The molecule has 0 aliphatic carbocycles. The summed E-state index contributed by atoms with van der Waals surface area (Å²) in [4.78, 5) is 38.3. The van der Waals surface area contributed by atoms with Crippen LogP contribution in [0.5, 0.6) is 0 Å². The molecule has 0 aliphatic heterocycles. The van der Waals surface area contributed by atoms with E-state index in [1.54, 1.807) is 0 Å². The van der Waals surface area contributed by atoms with Gasteiger partial charge < -0.3 is 14.2 Å².